The predicted octanol–water partition coefficient (Wildman–Crippen LogP) is 5.33. The first kappa shape index (κ1) is 25.6. The first-order chi connectivity index (χ1) is 17.6. The van der Waals surface area contributed by atoms with E-state index in [9.17, 15) is 9.90 Å². The molecule has 8 nitrogen and oxygen atoms in total. The van der Waals surface area contributed by atoms with Gasteiger partial charge in [0.25, 0.3) is 5.91 Å². The number of hydrogen-bond donors (Lipinski definition) is 2. The number of amides is 1. The molecule has 8 heteroatoms. The number of carbonyl (C=O) groups is 1. The molecule has 1 aliphatic rings. The fourth-order valence-corrected chi connectivity index (χ4v) is 4.65. The van der Waals surface area contributed by atoms with Gasteiger partial charge >= 0.3 is 0 Å². The zero-order valence-corrected chi connectivity index (χ0v) is 21.3. The van der Waals surface area contributed by atoms with Gasteiger partial charge in [0.05, 0.1) is 19.3 Å². The third-order valence-electron chi connectivity index (χ3n) is 6.36. The van der Waals surface area contributed by atoms with E-state index in [-0.39, 0.29) is 11.7 Å². The highest BCUT2D eigenvalue weighted by Crippen LogP contribution is 2.45. The van der Waals surface area contributed by atoms with Crippen molar-refractivity contribution in [1.82, 2.24) is 15.1 Å². The van der Waals surface area contributed by atoms with E-state index < -0.39 is 6.04 Å². The lowest BCUT2D eigenvalue weighted by Gasteiger charge is -2.27. The molecule has 0 saturated carbocycles. The van der Waals surface area contributed by atoms with Crippen LogP contribution in [0.5, 0.6) is 17.2 Å². The maximum atomic E-state index is 13.5. The summed E-state index contributed by atoms with van der Waals surface area (Å²) in [6, 6.07) is 12.5. The monoisotopic (exact) mass is 493 g/mol. The highest BCUT2D eigenvalue weighted by atomic mass is 16.5. The summed E-state index contributed by atoms with van der Waals surface area (Å²) in [6.07, 6.45) is 3.92. The molecule has 1 aliphatic heterocycles. The Morgan fingerprint density at radius 1 is 1.03 bits per heavy atom. The molecule has 0 aliphatic carbocycles. The zero-order valence-electron chi connectivity index (χ0n) is 21.3. The molecular weight excluding hydrogens is 458 g/mol. The number of unbranched alkanes of at least 4 members (excludes halogenated alkanes) is 2. The molecule has 192 valence electrons. The molecule has 1 aromatic heterocycles. The summed E-state index contributed by atoms with van der Waals surface area (Å²) in [5.74, 6) is 1.33. The van der Waals surface area contributed by atoms with Gasteiger partial charge in [0.15, 0.2) is 11.5 Å². The van der Waals surface area contributed by atoms with Crippen molar-refractivity contribution in [2.75, 3.05) is 33.5 Å². The molecular formula is C28H35N3O5. The van der Waals surface area contributed by atoms with Crippen molar-refractivity contribution in [2.24, 2.45) is 0 Å². The van der Waals surface area contributed by atoms with E-state index in [2.05, 4.69) is 17.1 Å². The quantitative estimate of drug-likeness (QED) is 0.312. The summed E-state index contributed by atoms with van der Waals surface area (Å²) >= 11 is 0. The predicted molar refractivity (Wildman–Crippen MR) is 138 cm³/mol. The van der Waals surface area contributed by atoms with Gasteiger partial charge in [-0.25, -0.2) is 0 Å². The van der Waals surface area contributed by atoms with E-state index in [1.807, 2.05) is 36.1 Å². The molecule has 3 aromatic rings. The van der Waals surface area contributed by atoms with E-state index in [1.54, 1.807) is 25.3 Å². The second-order valence-electron chi connectivity index (χ2n) is 8.82. The normalized spacial score (nSPS) is 14.8. The molecule has 0 radical (unpaired) electrons. The molecule has 36 heavy (non-hydrogen) atoms. The van der Waals surface area contributed by atoms with Crippen molar-refractivity contribution in [3.05, 3.63) is 59.3 Å². The number of rotatable bonds is 13. The molecule has 2 heterocycles. The van der Waals surface area contributed by atoms with E-state index in [0.29, 0.717) is 61.2 Å². The van der Waals surface area contributed by atoms with Gasteiger partial charge in [-0.1, -0.05) is 38.0 Å². The molecule has 0 saturated heterocycles. The van der Waals surface area contributed by atoms with Crippen LogP contribution < -0.4 is 9.47 Å². The number of H-pyrrole nitrogens is 1. The van der Waals surface area contributed by atoms with Gasteiger partial charge in [-0.3, -0.25) is 9.89 Å². The Bertz CT molecular complexity index is 1180. The van der Waals surface area contributed by atoms with Crippen molar-refractivity contribution in [3.63, 3.8) is 0 Å². The minimum atomic E-state index is -0.397. The second-order valence-corrected chi connectivity index (χ2v) is 8.82. The highest BCUT2D eigenvalue weighted by Gasteiger charge is 2.42. The fraction of sp³-hybridized carbons (Fsp3) is 0.429. The number of nitrogens with one attached hydrogen (secondary N) is 1. The van der Waals surface area contributed by atoms with E-state index >= 15 is 0 Å². The number of methoxy groups -OCH3 is 1. The van der Waals surface area contributed by atoms with Crippen molar-refractivity contribution < 1.29 is 24.1 Å². The first-order valence-electron chi connectivity index (χ1n) is 12.7. The molecule has 0 fully saturated rings. The number of para-hydroxylation sites is 1. The van der Waals surface area contributed by atoms with Crippen molar-refractivity contribution in [1.29, 1.82) is 0 Å². The van der Waals surface area contributed by atoms with Crippen LogP contribution in [-0.4, -0.2) is 59.6 Å². The topological polar surface area (TPSA) is 96.9 Å². The fourth-order valence-electron chi connectivity index (χ4n) is 4.65. The Balaban J connectivity index is 1.76. The lowest BCUT2D eigenvalue weighted by molar-refractivity contribution is 0.0723. The summed E-state index contributed by atoms with van der Waals surface area (Å²) in [5.41, 5.74) is 3.22. The van der Waals surface area contributed by atoms with Gasteiger partial charge in [-0.05, 0) is 49.6 Å². The van der Waals surface area contributed by atoms with Crippen LogP contribution in [0.25, 0.3) is 11.3 Å². The molecule has 4 rings (SSSR count). The number of aromatic hydroxyl groups is 1. The lowest BCUT2D eigenvalue weighted by atomic mass is 9.95. The Morgan fingerprint density at radius 2 is 1.86 bits per heavy atom. The molecule has 1 amide bonds. The van der Waals surface area contributed by atoms with Gasteiger partial charge in [-0.15, -0.1) is 0 Å². The van der Waals surface area contributed by atoms with Crippen LogP contribution >= 0.6 is 0 Å². The third kappa shape index (κ3) is 5.18. The lowest BCUT2D eigenvalue weighted by Crippen LogP contribution is -2.31. The molecule has 2 aromatic carbocycles. The number of phenols is 1. The van der Waals surface area contributed by atoms with Crippen LogP contribution in [0.3, 0.4) is 0 Å². The van der Waals surface area contributed by atoms with Gasteiger partial charge in [0.1, 0.15) is 17.1 Å². The maximum Gasteiger partial charge on any atom is 0.273 e. The summed E-state index contributed by atoms with van der Waals surface area (Å²) < 4.78 is 17.2. The summed E-state index contributed by atoms with van der Waals surface area (Å²) in [5, 5.41) is 17.9. The van der Waals surface area contributed by atoms with Crippen LogP contribution in [0.15, 0.2) is 42.5 Å². The average Bonchev–Trinajstić information content (AvgIpc) is 3.42. The van der Waals surface area contributed by atoms with Gasteiger partial charge < -0.3 is 24.2 Å². The number of fused-ring (bicyclic) bond motifs is 1. The Morgan fingerprint density at radius 3 is 2.61 bits per heavy atom. The second kappa shape index (κ2) is 11.9. The molecule has 0 spiro atoms. The summed E-state index contributed by atoms with van der Waals surface area (Å²) in [7, 11) is 1.65. The van der Waals surface area contributed by atoms with E-state index in [4.69, 9.17) is 14.2 Å². The first-order valence-corrected chi connectivity index (χ1v) is 12.7. The van der Waals surface area contributed by atoms with Crippen molar-refractivity contribution in [3.8, 4) is 28.5 Å². The number of benzene rings is 2. The molecule has 0 bridgehead atoms. The molecule has 1 atom stereocenters. The average molecular weight is 494 g/mol. The van der Waals surface area contributed by atoms with Crippen molar-refractivity contribution in [2.45, 2.75) is 45.6 Å². The van der Waals surface area contributed by atoms with Crippen LogP contribution in [-0.2, 0) is 4.74 Å². The number of nitrogens with zero attached hydrogens (tertiary/aromatic N) is 2. The molecule has 1 unspecified atom stereocenters. The number of carbonyl (C=O) groups excluding carboxylic acids is 1. The summed E-state index contributed by atoms with van der Waals surface area (Å²) in [6.45, 7) is 6.28. The minimum Gasteiger partial charge on any atom is -0.507 e. The van der Waals surface area contributed by atoms with Gasteiger partial charge in [0, 0.05) is 31.4 Å². The van der Waals surface area contributed by atoms with Crippen LogP contribution in [0.4, 0.5) is 0 Å². The van der Waals surface area contributed by atoms with E-state index in [0.717, 1.165) is 30.4 Å². The Hall–Kier alpha value is -3.52. The summed E-state index contributed by atoms with van der Waals surface area (Å²) in [4.78, 5) is 15.3. The largest absolute Gasteiger partial charge is 0.507 e. The van der Waals surface area contributed by atoms with Gasteiger partial charge in [0.2, 0.25) is 0 Å². The standard InChI is InChI=1S/C28H35N3O5/c1-4-6-9-17-36-22-14-13-19(18-23(22)35-5-2)27-24-25(20-11-7-8-12-21(20)32)29-30-26(24)28(33)31(27)15-10-16-34-3/h7-8,11-14,18,27,32H,4-6,9-10,15-17H2,1-3H3,(H,29,30). The minimum absolute atomic E-state index is 0.113. The Kier molecular flexibility index (Phi) is 8.48. The smallest absolute Gasteiger partial charge is 0.273 e. The van der Waals surface area contributed by atoms with Crippen molar-refractivity contribution >= 4 is 5.91 Å². The van der Waals surface area contributed by atoms with Crippen LogP contribution in [0.1, 0.15) is 67.2 Å². The number of hydrogen-bond acceptors (Lipinski definition) is 6. The Labute approximate surface area is 212 Å². The number of aromatic amines is 1. The number of ether oxygens (including phenoxy) is 3. The van der Waals surface area contributed by atoms with Gasteiger partial charge in [-0.2, -0.15) is 5.10 Å². The number of phenolic OH excluding ortho intramolecular Hbond substituents is 1. The third-order valence-corrected chi connectivity index (χ3v) is 6.36. The zero-order chi connectivity index (χ0) is 25.5. The maximum absolute atomic E-state index is 13.5. The number of aromatic nitrogens is 2. The van der Waals surface area contributed by atoms with Crippen LogP contribution in [0, 0.1) is 0 Å². The highest BCUT2D eigenvalue weighted by molar-refractivity contribution is 6.00. The SMILES string of the molecule is CCCCCOc1ccc(C2c3c(-c4ccccc4O)n[nH]c3C(=O)N2CCCOC)cc1OCC. The van der Waals surface area contributed by atoms with E-state index in [1.165, 1.54) is 0 Å². The van der Waals surface area contributed by atoms with Crippen LogP contribution in [0.2, 0.25) is 0 Å². The molecule has 2 N–H and O–H groups in total.